The van der Waals surface area contributed by atoms with Gasteiger partial charge in [-0.1, -0.05) is 89.6 Å². The van der Waals surface area contributed by atoms with E-state index in [1.165, 1.54) is 56.9 Å². The molecule has 1 saturated carbocycles. The third-order valence-corrected chi connectivity index (χ3v) is 10.2. The smallest absolute Gasteiger partial charge is 0.347 e. The second-order valence-electron chi connectivity index (χ2n) is 15.0. The Balaban J connectivity index is 1.41. The number of unbranched alkanes of at least 4 members (excludes halogenated alkanes) is 8. The Morgan fingerprint density at radius 2 is 1.36 bits per heavy atom. The molecule has 9 nitrogen and oxygen atoms in total. The normalized spacial score (nSPS) is 15.8. The van der Waals surface area contributed by atoms with Crippen molar-refractivity contribution in [3.05, 3.63) is 71.8 Å². The van der Waals surface area contributed by atoms with Crippen LogP contribution in [-0.2, 0) is 28.6 Å². The van der Waals surface area contributed by atoms with Crippen molar-refractivity contribution < 1.29 is 42.9 Å². The van der Waals surface area contributed by atoms with Crippen LogP contribution in [0.2, 0.25) is 0 Å². The number of carbonyl (C=O) groups excluding carboxylic acids is 4. The van der Waals surface area contributed by atoms with E-state index in [2.05, 4.69) is 32.6 Å². The summed E-state index contributed by atoms with van der Waals surface area (Å²) in [7, 11) is 0. The summed E-state index contributed by atoms with van der Waals surface area (Å²) in [6.45, 7) is 10.3. The molecule has 1 aliphatic carbocycles. The molecule has 0 aromatic heterocycles. The van der Waals surface area contributed by atoms with Crippen molar-refractivity contribution >= 4 is 23.9 Å². The van der Waals surface area contributed by atoms with E-state index in [4.69, 9.17) is 23.7 Å². The molecule has 0 radical (unpaired) electrons. The largest absolute Gasteiger partial charge is 0.462 e. The van der Waals surface area contributed by atoms with Crippen molar-refractivity contribution in [3.8, 4) is 11.5 Å². The molecule has 1 atom stereocenters. The lowest BCUT2D eigenvalue weighted by atomic mass is 9.77. The Bertz CT molecular complexity index is 1440. The van der Waals surface area contributed by atoms with Crippen LogP contribution < -0.4 is 9.47 Å². The molecule has 0 aliphatic heterocycles. The maximum Gasteiger partial charge on any atom is 0.347 e. The minimum absolute atomic E-state index is 0.124. The SMILES string of the molecule is C=C(C)C(=O)OCCCCCC(=O)OC(CCCCC(=O)Oc1ccccc1C(=O)Oc1ccc([C@H]2CC[C@H](CCCCC)CC2)cc1)OCCCCCC. The molecule has 55 heavy (non-hydrogen) atoms. The van der Waals surface area contributed by atoms with Crippen LogP contribution in [0.25, 0.3) is 0 Å². The summed E-state index contributed by atoms with van der Waals surface area (Å²) in [6, 6.07) is 14.4. The van der Waals surface area contributed by atoms with Gasteiger partial charge in [0.1, 0.15) is 17.1 Å². The van der Waals surface area contributed by atoms with Gasteiger partial charge in [0.15, 0.2) is 0 Å². The topological polar surface area (TPSA) is 114 Å². The van der Waals surface area contributed by atoms with E-state index >= 15 is 0 Å². The number of para-hydroxylation sites is 1. The summed E-state index contributed by atoms with van der Waals surface area (Å²) in [4.78, 5) is 50.1. The molecule has 0 heterocycles. The number of carbonyl (C=O) groups is 4. The Kier molecular flexibility index (Phi) is 22.1. The van der Waals surface area contributed by atoms with Gasteiger partial charge in [0.2, 0.25) is 6.29 Å². The highest BCUT2D eigenvalue weighted by molar-refractivity contribution is 5.94. The molecular formula is C46H66O9. The molecule has 0 saturated heterocycles. The Morgan fingerprint density at radius 1 is 0.709 bits per heavy atom. The van der Waals surface area contributed by atoms with Crippen LogP contribution in [-0.4, -0.2) is 43.4 Å². The summed E-state index contributed by atoms with van der Waals surface area (Å²) >= 11 is 0. The lowest BCUT2D eigenvalue weighted by Crippen LogP contribution is -2.22. The van der Waals surface area contributed by atoms with E-state index in [-0.39, 0.29) is 36.7 Å². The highest BCUT2D eigenvalue weighted by Crippen LogP contribution is 2.38. The Morgan fingerprint density at radius 3 is 2.09 bits per heavy atom. The fourth-order valence-corrected chi connectivity index (χ4v) is 6.88. The van der Waals surface area contributed by atoms with Crippen LogP contribution >= 0.6 is 0 Å². The van der Waals surface area contributed by atoms with Crippen LogP contribution in [0.4, 0.5) is 0 Å². The van der Waals surface area contributed by atoms with Crippen molar-refractivity contribution in [1.82, 2.24) is 0 Å². The standard InChI is InChI=1S/C46H66O9/c1-5-7-9-17-33-51-44(55-43(48)22-12-10-18-34-52-45(49)35(3)4)24-16-15-23-42(47)54-41-21-14-13-20-40(41)46(50)53-39-31-29-38(30-32-39)37-27-25-36(26-28-37)19-11-8-6-2/h13-14,20-21,29-32,36-37,44H,3,5-12,15-19,22-28,33-34H2,1-2,4H3/t36-,37-,44?. The zero-order valence-corrected chi connectivity index (χ0v) is 33.8. The summed E-state index contributed by atoms with van der Waals surface area (Å²) in [5.74, 6) is 0.203. The molecule has 1 unspecified atom stereocenters. The van der Waals surface area contributed by atoms with E-state index in [1.807, 2.05) is 12.1 Å². The monoisotopic (exact) mass is 762 g/mol. The van der Waals surface area contributed by atoms with Crippen molar-refractivity contribution in [2.75, 3.05) is 13.2 Å². The van der Waals surface area contributed by atoms with Crippen molar-refractivity contribution in [2.24, 2.45) is 5.92 Å². The molecule has 1 aliphatic rings. The molecule has 0 N–H and O–H groups in total. The van der Waals surface area contributed by atoms with Crippen LogP contribution in [0.5, 0.6) is 11.5 Å². The minimum atomic E-state index is -0.693. The van der Waals surface area contributed by atoms with E-state index in [0.717, 1.165) is 38.0 Å². The van der Waals surface area contributed by atoms with Crippen molar-refractivity contribution in [2.45, 2.75) is 161 Å². The first-order chi connectivity index (χ1) is 26.7. The van der Waals surface area contributed by atoms with Gasteiger partial charge in [0.25, 0.3) is 0 Å². The predicted octanol–water partition coefficient (Wildman–Crippen LogP) is 11.4. The van der Waals surface area contributed by atoms with Gasteiger partial charge in [-0.3, -0.25) is 9.59 Å². The van der Waals surface area contributed by atoms with E-state index in [1.54, 1.807) is 31.2 Å². The van der Waals surface area contributed by atoms with Gasteiger partial charge in [-0.25, -0.2) is 9.59 Å². The molecule has 9 heteroatoms. The first-order valence-corrected chi connectivity index (χ1v) is 21.0. The Labute approximate surface area is 329 Å². The van der Waals surface area contributed by atoms with Crippen LogP contribution in [0.1, 0.15) is 171 Å². The molecule has 0 amide bonds. The van der Waals surface area contributed by atoms with E-state index < -0.39 is 24.2 Å². The van der Waals surface area contributed by atoms with Gasteiger partial charge in [-0.15, -0.1) is 0 Å². The molecule has 2 aromatic carbocycles. The lowest BCUT2D eigenvalue weighted by Gasteiger charge is -2.29. The zero-order valence-electron chi connectivity index (χ0n) is 33.8. The van der Waals surface area contributed by atoms with Gasteiger partial charge < -0.3 is 23.7 Å². The molecular weight excluding hydrogens is 696 g/mol. The van der Waals surface area contributed by atoms with Gasteiger partial charge >= 0.3 is 23.9 Å². The fraction of sp³-hybridized carbons (Fsp3) is 0.609. The zero-order chi connectivity index (χ0) is 39.7. The molecule has 3 rings (SSSR count). The van der Waals surface area contributed by atoms with E-state index in [9.17, 15) is 19.2 Å². The Hall–Kier alpha value is -3.98. The predicted molar refractivity (Wildman–Crippen MR) is 215 cm³/mol. The maximum absolute atomic E-state index is 13.2. The second kappa shape index (κ2) is 26.8. The number of hydrogen-bond acceptors (Lipinski definition) is 9. The average molecular weight is 763 g/mol. The number of esters is 4. The summed E-state index contributed by atoms with van der Waals surface area (Å²) < 4.78 is 28.0. The molecule has 2 aromatic rings. The van der Waals surface area contributed by atoms with Crippen LogP contribution in [0.15, 0.2) is 60.7 Å². The number of rotatable bonds is 27. The first-order valence-electron chi connectivity index (χ1n) is 21.0. The van der Waals surface area contributed by atoms with Crippen molar-refractivity contribution in [1.29, 1.82) is 0 Å². The average Bonchev–Trinajstić information content (AvgIpc) is 3.18. The third-order valence-electron chi connectivity index (χ3n) is 10.2. The minimum Gasteiger partial charge on any atom is -0.462 e. The summed E-state index contributed by atoms with van der Waals surface area (Å²) in [5, 5.41) is 0. The third kappa shape index (κ3) is 18.5. The number of hydrogen-bond donors (Lipinski definition) is 0. The van der Waals surface area contributed by atoms with Gasteiger partial charge in [0.05, 0.1) is 13.2 Å². The maximum atomic E-state index is 13.2. The first kappa shape index (κ1) is 45.4. The van der Waals surface area contributed by atoms with Crippen molar-refractivity contribution in [3.63, 3.8) is 0 Å². The number of benzene rings is 2. The highest BCUT2D eigenvalue weighted by Gasteiger charge is 2.23. The second-order valence-corrected chi connectivity index (χ2v) is 15.0. The molecule has 304 valence electrons. The quantitative estimate of drug-likeness (QED) is 0.0288. The molecule has 0 bridgehead atoms. The fourth-order valence-electron chi connectivity index (χ4n) is 6.88. The molecule has 0 spiro atoms. The lowest BCUT2D eigenvalue weighted by molar-refractivity contribution is -0.181. The van der Waals surface area contributed by atoms with E-state index in [0.29, 0.717) is 56.0 Å². The van der Waals surface area contributed by atoms with Gasteiger partial charge in [-0.2, -0.15) is 0 Å². The number of ether oxygens (including phenoxy) is 5. The van der Waals surface area contributed by atoms with Gasteiger partial charge in [0, 0.05) is 24.8 Å². The highest BCUT2D eigenvalue weighted by atomic mass is 16.7. The molecule has 1 fully saturated rings. The van der Waals surface area contributed by atoms with Crippen LogP contribution in [0.3, 0.4) is 0 Å². The van der Waals surface area contributed by atoms with Crippen LogP contribution in [0, 0.1) is 5.92 Å². The summed E-state index contributed by atoms with van der Waals surface area (Å²) in [5.41, 5.74) is 1.83. The van der Waals surface area contributed by atoms with Gasteiger partial charge in [-0.05, 0) is 113 Å². The summed E-state index contributed by atoms with van der Waals surface area (Å²) in [6.07, 6.45) is 17.6.